The molecule has 0 unspecified atom stereocenters. The largest absolute Gasteiger partial charge is 0.381 e. The lowest BCUT2D eigenvalue weighted by atomic mass is 9.90. The normalized spacial score (nSPS) is 32.7. The lowest BCUT2D eigenvalue weighted by Gasteiger charge is -2.33. The first-order valence-corrected chi connectivity index (χ1v) is 3.07. The van der Waals surface area contributed by atoms with Crippen molar-refractivity contribution in [2.75, 3.05) is 14.2 Å². The van der Waals surface area contributed by atoms with Crippen molar-refractivity contribution in [1.82, 2.24) is 5.32 Å². The van der Waals surface area contributed by atoms with Crippen molar-refractivity contribution >= 4 is 12.4 Å². The first kappa shape index (κ1) is 9.21. The Balaban J connectivity index is 0.000000640. The molecule has 0 aliphatic heterocycles. The van der Waals surface area contributed by atoms with Crippen LogP contribution in [0.2, 0.25) is 0 Å². The van der Waals surface area contributed by atoms with Crippen LogP contribution in [0.1, 0.15) is 12.8 Å². The van der Waals surface area contributed by atoms with E-state index in [9.17, 15) is 0 Å². The van der Waals surface area contributed by atoms with Crippen LogP contribution in [0.3, 0.4) is 0 Å². The Morgan fingerprint density at radius 2 is 2.00 bits per heavy atom. The maximum atomic E-state index is 5.08. The molecule has 0 heterocycles. The third-order valence-corrected chi connectivity index (χ3v) is 1.84. The molecule has 0 atom stereocenters. The Morgan fingerprint density at radius 3 is 2.33 bits per heavy atom. The topological polar surface area (TPSA) is 21.3 Å². The summed E-state index contributed by atoms with van der Waals surface area (Å²) in [6.45, 7) is 0. The zero-order valence-electron chi connectivity index (χ0n) is 5.89. The highest BCUT2D eigenvalue weighted by molar-refractivity contribution is 5.85. The molecule has 9 heavy (non-hydrogen) atoms. The van der Waals surface area contributed by atoms with E-state index in [1.807, 2.05) is 7.05 Å². The summed E-state index contributed by atoms with van der Waals surface area (Å²) in [5, 5.41) is 3.19. The van der Waals surface area contributed by atoms with Gasteiger partial charge in [-0.05, 0) is 19.9 Å². The van der Waals surface area contributed by atoms with Crippen LogP contribution >= 0.6 is 12.4 Å². The van der Waals surface area contributed by atoms with Gasteiger partial charge in [-0.15, -0.1) is 12.4 Å². The van der Waals surface area contributed by atoms with E-state index in [1.165, 1.54) is 12.8 Å². The molecule has 56 valence electrons. The number of rotatable bonds is 2. The first-order chi connectivity index (χ1) is 3.86. The summed E-state index contributed by atoms with van der Waals surface area (Å²) >= 11 is 0. The van der Waals surface area contributed by atoms with Crippen LogP contribution in [0.4, 0.5) is 0 Å². The monoisotopic (exact) mass is 151 g/mol. The van der Waals surface area contributed by atoms with Crippen molar-refractivity contribution < 1.29 is 4.74 Å². The van der Waals surface area contributed by atoms with Crippen molar-refractivity contribution in [2.24, 2.45) is 0 Å². The van der Waals surface area contributed by atoms with E-state index < -0.39 is 0 Å². The summed E-state index contributed by atoms with van der Waals surface area (Å²) in [5.74, 6) is 0. The summed E-state index contributed by atoms with van der Waals surface area (Å²) in [6, 6.07) is 0.722. The highest BCUT2D eigenvalue weighted by atomic mass is 35.5. The highest BCUT2D eigenvalue weighted by Gasteiger charge is 2.26. The molecule has 1 rings (SSSR count). The fourth-order valence-corrected chi connectivity index (χ4v) is 0.994. The molecule has 1 N–H and O–H groups in total. The Hall–Kier alpha value is 0.210. The Morgan fingerprint density at radius 1 is 1.44 bits per heavy atom. The molecule has 1 saturated carbocycles. The minimum atomic E-state index is 0. The second-order valence-corrected chi connectivity index (χ2v) is 2.31. The molecule has 0 aromatic heterocycles. The van der Waals surface area contributed by atoms with Crippen molar-refractivity contribution in [3.63, 3.8) is 0 Å². The molecular weight excluding hydrogens is 138 g/mol. The van der Waals surface area contributed by atoms with Crippen LogP contribution in [0, 0.1) is 0 Å². The van der Waals surface area contributed by atoms with Crippen LogP contribution in [0.15, 0.2) is 0 Å². The first-order valence-electron chi connectivity index (χ1n) is 3.07. The summed E-state index contributed by atoms with van der Waals surface area (Å²) in [5.41, 5.74) is 0. The van der Waals surface area contributed by atoms with Crippen LogP contribution in [-0.2, 0) is 4.74 Å². The van der Waals surface area contributed by atoms with Crippen molar-refractivity contribution in [1.29, 1.82) is 0 Å². The van der Waals surface area contributed by atoms with E-state index in [0.29, 0.717) is 6.10 Å². The number of hydrogen-bond donors (Lipinski definition) is 1. The van der Waals surface area contributed by atoms with Gasteiger partial charge in [-0.3, -0.25) is 0 Å². The third kappa shape index (κ3) is 2.12. The second-order valence-electron chi connectivity index (χ2n) is 2.31. The van der Waals surface area contributed by atoms with Gasteiger partial charge in [-0.1, -0.05) is 0 Å². The fourth-order valence-electron chi connectivity index (χ4n) is 0.994. The zero-order valence-corrected chi connectivity index (χ0v) is 6.70. The molecular formula is C6H14ClNO. The van der Waals surface area contributed by atoms with Gasteiger partial charge < -0.3 is 10.1 Å². The summed E-state index contributed by atoms with van der Waals surface area (Å²) in [4.78, 5) is 0. The minimum absolute atomic E-state index is 0. The summed E-state index contributed by atoms with van der Waals surface area (Å²) in [6.07, 6.45) is 2.91. The SMILES string of the molecule is CN[C@H]1C[C@H](OC)C1.Cl. The van der Waals surface area contributed by atoms with Gasteiger partial charge in [0.1, 0.15) is 0 Å². The fraction of sp³-hybridized carbons (Fsp3) is 1.00. The summed E-state index contributed by atoms with van der Waals surface area (Å²) < 4.78 is 5.08. The lowest BCUT2D eigenvalue weighted by Crippen LogP contribution is -2.43. The van der Waals surface area contributed by atoms with Crippen molar-refractivity contribution in [3.05, 3.63) is 0 Å². The smallest absolute Gasteiger partial charge is 0.0601 e. The Bertz CT molecular complexity index is 65.5. The molecule has 1 fully saturated rings. The highest BCUT2D eigenvalue weighted by Crippen LogP contribution is 2.21. The van der Waals surface area contributed by atoms with E-state index >= 15 is 0 Å². The molecule has 0 saturated heterocycles. The molecule has 0 amide bonds. The number of nitrogens with one attached hydrogen (secondary N) is 1. The predicted octanol–water partition coefficient (Wildman–Crippen LogP) is 0.805. The number of halogens is 1. The number of hydrogen-bond acceptors (Lipinski definition) is 2. The molecule has 0 aromatic rings. The van der Waals surface area contributed by atoms with E-state index in [4.69, 9.17) is 4.74 Å². The van der Waals surface area contributed by atoms with E-state index in [2.05, 4.69) is 5.32 Å². The van der Waals surface area contributed by atoms with Crippen molar-refractivity contribution in [2.45, 2.75) is 25.0 Å². The standard InChI is InChI=1S/C6H13NO.ClH/c1-7-5-3-6(4-5)8-2;/h5-7H,3-4H2,1-2H3;1H/t5-,6-;. The molecule has 0 radical (unpaired) electrons. The van der Waals surface area contributed by atoms with Crippen LogP contribution in [0.5, 0.6) is 0 Å². The molecule has 3 heteroatoms. The van der Waals surface area contributed by atoms with Crippen LogP contribution in [-0.4, -0.2) is 26.3 Å². The maximum absolute atomic E-state index is 5.08. The van der Waals surface area contributed by atoms with Crippen LogP contribution < -0.4 is 5.32 Å². The number of methoxy groups -OCH3 is 1. The predicted molar refractivity (Wildman–Crippen MR) is 40.1 cm³/mol. The van der Waals surface area contributed by atoms with Gasteiger partial charge in [0.05, 0.1) is 6.10 Å². The Kier molecular flexibility index (Phi) is 4.19. The molecule has 0 aromatic carbocycles. The van der Waals surface area contributed by atoms with Gasteiger partial charge in [-0.25, -0.2) is 0 Å². The molecule has 0 spiro atoms. The lowest BCUT2D eigenvalue weighted by molar-refractivity contribution is 0.0196. The van der Waals surface area contributed by atoms with E-state index in [1.54, 1.807) is 7.11 Å². The average Bonchev–Trinajstić information content (AvgIpc) is 1.65. The van der Waals surface area contributed by atoms with Gasteiger partial charge in [0.25, 0.3) is 0 Å². The van der Waals surface area contributed by atoms with Crippen LogP contribution in [0.25, 0.3) is 0 Å². The quantitative estimate of drug-likeness (QED) is 0.631. The Labute approximate surface area is 62.4 Å². The van der Waals surface area contributed by atoms with Gasteiger partial charge in [-0.2, -0.15) is 0 Å². The summed E-state index contributed by atoms with van der Waals surface area (Å²) in [7, 11) is 3.77. The maximum Gasteiger partial charge on any atom is 0.0601 e. The van der Waals surface area contributed by atoms with Gasteiger partial charge in [0.15, 0.2) is 0 Å². The van der Waals surface area contributed by atoms with E-state index in [0.717, 1.165) is 6.04 Å². The van der Waals surface area contributed by atoms with E-state index in [-0.39, 0.29) is 12.4 Å². The second kappa shape index (κ2) is 4.09. The zero-order chi connectivity index (χ0) is 5.98. The average molecular weight is 152 g/mol. The van der Waals surface area contributed by atoms with Gasteiger partial charge in [0, 0.05) is 13.2 Å². The van der Waals surface area contributed by atoms with Crippen molar-refractivity contribution in [3.8, 4) is 0 Å². The molecule has 1 aliphatic rings. The van der Waals surface area contributed by atoms with Gasteiger partial charge in [0.2, 0.25) is 0 Å². The molecule has 1 aliphatic carbocycles. The third-order valence-electron chi connectivity index (χ3n) is 1.84. The molecule has 0 bridgehead atoms. The number of ether oxygens (including phenoxy) is 1. The van der Waals surface area contributed by atoms with Gasteiger partial charge >= 0.3 is 0 Å². The molecule has 2 nitrogen and oxygen atoms in total. The minimum Gasteiger partial charge on any atom is -0.381 e.